The lowest BCUT2D eigenvalue weighted by atomic mass is 10.1. The van der Waals surface area contributed by atoms with Crippen LogP contribution in [0.25, 0.3) is 0 Å². The topological polar surface area (TPSA) is 85.6 Å². The average Bonchev–Trinajstić information content (AvgIpc) is 3.24. The molecule has 3 heterocycles. The molecule has 0 saturated carbocycles. The molecular formula is C17H30N6O2. The van der Waals surface area contributed by atoms with Gasteiger partial charge in [-0.15, -0.1) is 0 Å². The minimum absolute atomic E-state index is 0.332. The molecule has 1 saturated heterocycles. The highest BCUT2D eigenvalue weighted by Crippen LogP contribution is 2.13. The van der Waals surface area contributed by atoms with Gasteiger partial charge in [0, 0.05) is 45.2 Å². The van der Waals surface area contributed by atoms with E-state index in [-0.39, 0.29) is 0 Å². The van der Waals surface area contributed by atoms with Crippen LogP contribution in [0, 0.1) is 12.8 Å². The fraction of sp³-hybridized carbons (Fsp3) is 0.824. The maximum Gasteiger partial charge on any atom is 0.191 e. The van der Waals surface area contributed by atoms with E-state index in [1.807, 2.05) is 11.6 Å². The normalized spacial score (nSPS) is 23.5. The lowest BCUT2D eigenvalue weighted by Crippen LogP contribution is -2.47. The molecule has 2 aliphatic rings. The van der Waals surface area contributed by atoms with Crippen molar-refractivity contribution in [3.8, 4) is 0 Å². The van der Waals surface area contributed by atoms with Crippen LogP contribution in [0.15, 0.2) is 4.99 Å². The van der Waals surface area contributed by atoms with Crippen molar-refractivity contribution in [3.63, 3.8) is 0 Å². The van der Waals surface area contributed by atoms with Gasteiger partial charge in [-0.05, 0) is 26.2 Å². The maximum atomic E-state index is 5.73. The van der Waals surface area contributed by atoms with Gasteiger partial charge in [0.25, 0.3) is 0 Å². The van der Waals surface area contributed by atoms with E-state index in [4.69, 9.17) is 9.47 Å². The van der Waals surface area contributed by atoms with E-state index in [0.717, 1.165) is 82.8 Å². The van der Waals surface area contributed by atoms with Crippen molar-refractivity contribution < 1.29 is 9.47 Å². The third-order valence-electron chi connectivity index (χ3n) is 4.66. The summed E-state index contributed by atoms with van der Waals surface area (Å²) in [5.74, 6) is 3.36. The molecule has 25 heavy (non-hydrogen) atoms. The Morgan fingerprint density at radius 1 is 1.44 bits per heavy atom. The molecule has 2 atom stereocenters. The van der Waals surface area contributed by atoms with Gasteiger partial charge in [-0.3, -0.25) is 4.99 Å². The number of fused-ring (bicyclic) bond motifs is 1. The molecule has 3 rings (SSSR count). The highest BCUT2D eigenvalue weighted by atomic mass is 16.5. The fourth-order valence-corrected chi connectivity index (χ4v) is 3.29. The van der Waals surface area contributed by atoms with Crippen molar-refractivity contribution in [1.29, 1.82) is 0 Å². The molecular weight excluding hydrogens is 320 g/mol. The Morgan fingerprint density at radius 2 is 2.36 bits per heavy atom. The molecule has 2 N–H and O–H groups in total. The summed E-state index contributed by atoms with van der Waals surface area (Å²) in [5.41, 5.74) is 0. The van der Waals surface area contributed by atoms with Crippen LogP contribution in [0.5, 0.6) is 0 Å². The summed E-state index contributed by atoms with van der Waals surface area (Å²) in [4.78, 5) is 8.76. The maximum absolute atomic E-state index is 5.73. The van der Waals surface area contributed by atoms with E-state index in [1.54, 1.807) is 7.05 Å². The highest BCUT2D eigenvalue weighted by Gasteiger charge is 2.21. The van der Waals surface area contributed by atoms with Crippen molar-refractivity contribution in [1.82, 2.24) is 25.4 Å². The van der Waals surface area contributed by atoms with E-state index >= 15 is 0 Å². The molecule has 1 aromatic heterocycles. The number of aliphatic imine (C=N–C) groups is 1. The number of nitrogens with zero attached hydrogens (tertiary/aromatic N) is 4. The molecule has 2 unspecified atom stereocenters. The van der Waals surface area contributed by atoms with Crippen LogP contribution < -0.4 is 10.6 Å². The molecule has 0 aliphatic carbocycles. The van der Waals surface area contributed by atoms with E-state index in [1.165, 1.54) is 0 Å². The van der Waals surface area contributed by atoms with Gasteiger partial charge < -0.3 is 20.1 Å². The molecule has 1 fully saturated rings. The average molecular weight is 350 g/mol. The van der Waals surface area contributed by atoms with Crippen molar-refractivity contribution in [2.24, 2.45) is 10.9 Å². The van der Waals surface area contributed by atoms with Crippen LogP contribution in [-0.4, -0.2) is 66.8 Å². The lowest BCUT2D eigenvalue weighted by Gasteiger charge is -2.25. The van der Waals surface area contributed by atoms with E-state index in [2.05, 4.69) is 25.7 Å². The molecule has 0 amide bonds. The summed E-state index contributed by atoms with van der Waals surface area (Å²) in [6, 6.07) is 0.332. The quantitative estimate of drug-likeness (QED) is 0.423. The molecule has 0 aromatic carbocycles. The van der Waals surface area contributed by atoms with Gasteiger partial charge in [-0.1, -0.05) is 0 Å². The van der Waals surface area contributed by atoms with Crippen LogP contribution in [0.3, 0.4) is 0 Å². The zero-order valence-electron chi connectivity index (χ0n) is 15.3. The molecule has 0 bridgehead atoms. The first-order chi connectivity index (χ1) is 12.2. The predicted octanol–water partition coefficient (Wildman–Crippen LogP) is 0.510. The molecule has 140 valence electrons. The SMILES string of the molecule is CN=C(NCCCOCC1CCOC1)NC1CCc2nc(C)nn2C1. The third-order valence-corrected chi connectivity index (χ3v) is 4.66. The van der Waals surface area contributed by atoms with Crippen LogP contribution in [-0.2, 0) is 22.4 Å². The van der Waals surface area contributed by atoms with Gasteiger partial charge in [-0.2, -0.15) is 5.10 Å². The monoisotopic (exact) mass is 350 g/mol. The fourth-order valence-electron chi connectivity index (χ4n) is 3.29. The lowest BCUT2D eigenvalue weighted by molar-refractivity contribution is 0.0888. The summed E-state index contributed by atoms with van der Waals surface area (Å²) in [5, 5.41) is 11.3. The molecule has 0 radical (unpaired) electrons. The number of hydrogen-bond acceptors (Lipinski definition) is 5. The highest BCUT2D eigenvalue weighted by molar-refractivity contribution is 5.79. The number of rotatable bonds is 7. The number of aromatic nitrogens is 3. The van der Waals surface area contributed by atoms with Crippen LogP contribution in [0.2, 0.25) is 0 Å². The number of ether oxygens (including phenoxy) is 2. The first kappa shape index (κ1) is 18.1. The third kappa shape index (κ3) is 5.40. The summed E-state index contributed by atoms with van der Waals surface area (Å²) < 4.78 is 13.1. The van der Waals surface area contributed by atoms with Crippen molar-refractivity contribution in [2.45, 2.75) is 45.2 Å². The van der Waals surface area contributed by atoms with E-state index < -0.39 is 0 Å². The zero-order chi connectivity index (χ0) is 17.5. The van der Waals surface area contributed by atoms with E-state index in [9.17, 15) is 0 Å². The molecule has 0 spiro atoms. The summed E-state index contributed by atoms with van der Waals surface area (Å²) in [6.45, 7) is 6.94. The first-order valence-electron chi connectivity index (χ1n) is 9.27. The Morgan fingerprint density at radius 3 is 3.16 bits per heavy atom. The molecule has 1 aromatic rings. The molecule has 8 nitrogen and oxygen atoms in total. The Balaban J connectivity index is 1.30. The first-order valence-corrected chi connectivity index (χ1v) is 9.27. The minimum Gasteiger partial charge on any atom is -0.381 e. The van der Waals surface area contributed by atoms with Crippen LogP contribution >= 0.6 is 0 Å². The Labute approximate surface area is 149 Å². The molecule has 2 aliphatic heterocycles. The summed E-state index contributed by atoms with van der Waals surface area (Å²) >= 11 is 0. The van der Waals surface area contributed by atoms with Gasteiger partial charge in [0.15, 0.2) is 5.96 Å². The molecule has 8 heteroatoms. The number of aryl methyl sites for hydroxylation is 2. The Hall–Kier alpha value is -1.67. The Kier molecular flexibility index (Phi) is 6.63. The summed E-state index contributed by atoms with van der Waals surface area (Å²) in [7, 11) is 1.81. The van der Waals surface area contributed by atoms with Crippen molar-refractivity contribution in [3.05, 3.63) is 11.6 Å². The second kappa shape index (κ2) is 9.15. The van der Waals surface area contributed by atoms with Gasteiger partial charge >= 0.3 is 0 Å². The standard InChI is InChI=1S/C17H30N6O2/c1-13-20-16-5-4-15(10-23(16)22-13)21-17(18-2)19-7-3-8-24-11-14-6-9-25-12-14/h14-15H,3-12H2,1-2H3,(H2,18,19,21). The smallest absolute Gasteiger partial charge is 0.191 e. The number of nitrogens with one attached hydrogen (secondary N) is 2. The van der Waals surface area contributed by atoms with Crippen molar-refractivity contribution in [2.75, 3.05) is 40.0 Å². The van der Waals surface area contributed by atoms with Crippen molar-refractivity contribution >= 4 is 5.96 Å². The number of hydrogen-bond donors (Lipinski definition) is 2. The van der Waals surface area contributed by atoms with E-state index in [0.29, 0.717) is 12.0 Å². The van der Waals surface area contributed by atoms with Gasteiger partial charge in [0.1, 0.15) is 11.6 Å². The second-order valence-electron chi connectivity index (χ2n) is 6.79. The zero-order valence-corrected chi connectivity index (χ0v) is 15.3. The number of guanidine groups is 1. The minimum atomic E-state index is 0.332. The summed E-state index contributed by atoms with van der Waals surface area (Å²) in [6.07, 6.45) is 4.09. The Bertz CT molecular complexity index is 567. The van der Waals surface area contributed by atoms with Gasteiger partial charge in [-0.25, -0.2) is 9.67 Å². The predicted molar refractivity (Wildman–Crippen MR) is 95.7 cm³/mol. The van der Waals surface area contributed by atoms with Crippen LogP contribution in [0.4, 0.5) is 0 Å². The van der Waals surface area contributed by atoms with Gasteiger partial charge in [0.05, 0.1) is 19.8 Å². The second-order valence-corrected chi connectivity index (χ2v) is 6.79. The largest absolute Gasteiger partial charge is 0.381 e. The van der Waals surface area contributed by atoms with Gasteiger partial charge in [0.2, 0.25) is 0 Å². The van der Waals surface area contributed by atoms with Crippen LogP contribution in [0.1, 0.15) is 30.9 Å².